The van der Waals surface area contributed by atoms with E-state index < -0.39 is 0 Å². The lowest BCUT2D eigenvalue weighted by molar-refractivity contribution is 0.0160. The predicted molar refractivity (Wildman–Crippen MR) is 101 cm³/mol. The van der Waals surface area contributed by atoms with Crippen LogP contribution in [-0.2, 0) is 22.6 Å². The van der Waals surface area contributed by atoms with Crippen LogP contribution in [0.15, 0.2) is 35.2 Å². The molecule has 1 saturated heterocycles. The zero-order valence-electron chi connectivity index (χ0n) is 14.8. The Hall–Kier alpha value is -1.14. The molecule has 25 heavy (non-hydrogen) atoms. The first-order valence-corrected chi connectivity index (χ1v) is 10.4. The van der Waals surface area contributed by atoms with Gasteiger partial charge in [-0.1, -0.05) is 0 Å². The van der Waals surface area contributed by atoms with Gasteiger partial charge in [0.15, 0.2) is 0 Å². The maximum absolute atomic E-state index is 6.02. The van der Waals surface area contributed by atoms with E-state index in [1.165, 1.54) is 11.3 Å². The van der Waals surface area contributed by atoms with Gasteiger partial charge in [-0.05, 0) is 59.7 Å². The second-order valence-corrected chi connectivity index (χ2v) is 8.06. The summed E-state index contributed by atoms with van der Waals surface area (Å²) in [6, 6.07) is 7.20. The SMILES string of the molecule is c1cc2n(c1)C(CCOCC1CCOCC1)CN(Cc1ccsc1)C2. The summed E-state index contributed by atoms with van der Waals surface area (Å²) in [6.07, 6.45) is 5.63. The second-order valence-electron chi connectivity index (χ2n) is 7.28. The largest absolute Gasteiger partial charge is 0.381 e. The molecule has 136 valence electrons. The van der Waals surface area contributed by atoms with E-state index in [1.54, 1.807) is 11.3 Å². The molecule has 5 heteroatoms. The Morgan fingerprint density at radius 2 is 2.16 bits per heavy atom. The van der Waals surface area contributed by atoms with E-state index in [1.807, 2.05) is 0 Å². The minimum atomic E-state index is 0.520. The van der Waals surface area contributed by atoms with Gasteiger partial charge in [-0.2, -0.15) is 11.3 Å². The van der Waals surface area contributed by atoms with Crippen molar-refractivity contribution in [1.29, 1.82) is 0 Å². The van der Waals surface area contributed by atoms with E-state index in [0.29, 0.717) is 12.0 Å². The monoisotopic (exact) mass is 360 g/mol. The number of hydrogen-bond acceptors (Lipinski definition) is 4. The first kappa shape index (κ1) is 17.3. The lowest BCUT2D eigenvalue weighted by Gasteiger charge is -2.35. The van der Waals surface area contributed by atoms with E-state index in [2.05, 4.69) is 44.6 Å². The Morgan fingerprint density at radius 1 is 1.24 bits per heavy atom. The molecule has 0 bridgehead atoms. The minimum absolute atomic E-state index is 0.520. The van der Waals surface area contributed by atoms with Crippen LogP contribution in [0, 0.1) is 5.92 Å². The van der Waals surface area contributed by atoms with Crippen LogP contribution in [-0.4, -0.2) is 42.4 Å². The first-order valence-electron chi connectivity index (χ1n) is 9.43. The summed E-state index contributed by atoms with van der Waals surface area (Å²) in [7, 11) is 0. The van der Waals surface area contributed by atoms with Crippen molar-refractivity contribution in [2.75, 3.05) is 33.0 Å². The van der Waals surface area contributed by atoms with Crippen LogP contribution in [0.3, 0.4) is 0 Å². The third-order valence-corrected chi connectivity index (χ3v) is 6.12. The Bertz CT molecular complexity index is 634. The molecule has 0 radical (unpaired) electrons. The Balaban J connectivity index is 1.29. The highest BCUT2D eigenvalue weighted by Gasteiger charge is 2.24. The number of nitrogens with zero attached hydrogens (tertiary/aromatic N) is 2. The lowest BCUT2D eigenvalue weighted by Crippen LogP contribution is -2.37. The second kappa shape index (κ2) is 8.49. The Kier molecular flexibility index (Phi) is 5.87. The van der Waals surface area contributed by atoms with Crippen LogP contribution in [0.1, 0.15) is 36.6 Å². The third-order valence-electron chi connectivity index (χ3n) is 5.39. The highest BCUT2D eigenvalue weighted by Crippen LogP contribution is 2.26. The molecule has 4 rings (SSSR count). The predicted octanol–water partition coefficient (Wildman–Crippen LogP) is 3.94. The van der Waals surface area contributed by atoms with Gasteiger partial charge in [-0.3, -0.25) is 4.90 Å². The lowest BCUT2D eigenvalue weighted by atomic mass is 10.0. The summed E-state index contributed by atoms with van der Waals surface area (Å²) >= 11 is 1.79. The fourth-order valence-electron chi connectivity index (χ4n) is 3.97. The quantitative estimate of drug-likeness (QED) is 0.700. The summed E-state index contributed by atoms with van der Waals surface area (Å²) in [5.41, 5.74) is 2.86. The van der Waals surface area contributed by atoms with Crippen LogP contribution in [0.25, 0.3) is 0 Å². The van der Waals surface area contributed by atoms with Crippen molar-refractivity contribution in [3.8, 4) is 0 Å². The average molecular weight is 361 g/mol. The van der Waals surface area contributed by atoms with Gasteiger partial charge < -0.3 is 14.0 Å². The van der Waals surface area contributed by atoms with Gasteiger partial charge >= 0.3 is 0 Å². The van der Waals surface area contributed by atoms with E-state index >= 15 is 0 Å². The number of aromatic nitrogens is 1. The van der Waals surface area contributed by atoms with Gasteiger partial charge in [0.2, 0.25) is 0 Å². The van der Waals surface area contributed by atoms with Crippen LogP contribution in [0.5, 0.6) is 0 Å². The summed E-state index contributed by atoms with van der Waals surface area (Å²) < 4.78 is 13.9. The molecule has 4 nitrogen and oxygen atoms in total. The maximum atomic E-state index is 6.02. The van der Waals surface area contributed by atoms with Crippen molar-refractivity contribution in [1.82, 2.24) is 9.47 Å². The van der Waals surface area contributed by atoms with Crippen molar-refractivity contribution in [3.63, 3.8) is 0 Å². The molecule has 0 aromatic carbocycles. The van der Waals surface area contributed by atoms with Gasteiger partial charge in [0, 0.05) is 64.0 Å². The van der Waals surface area contributed by atoms with Gasteiger partial charge in [-0.15, -0.1) is 0 Å². The van der Waals surface area contributed by atoms with E-state index in [9.17, 15) is 0 Å². The highest BCUT2D eigenvalue weighted by atomic mass is 32.1. The molecule has 2 aromatic heterocycles. The van der Waals surface area contributed by atoms with Crippen molar-refractivity contribution in [2.45, 2.75) is 38.4 Å². The summed E-state index contributed by atoms with van der Waals surface area (Å²) in [4.78, 5) is 2.57. The molecule has 1 fully saturated rings. The molecule has 2 aromatic rings. The Labute approximate surface area is 154 Å². The molecule has 2 aliphatic heterocycles. The molecule has 1 unspecified atom stereocenters. The molecule has 4 heterocycles. The smallest absolute Gasteiger partial charge is 0.0495 e. The van der Waals surface area contributed by atoms with Gasteiger partial charge in [0.25, 0.3) is 0 Å². The topological polar surface area (TPSA) is 26.6 Å². The number of hydrogen-bond donors (Lipinski definition) is 0. The number of fused-ring (bicyclic) bond motifs is 1. The van der Waals surface area contributed by atoms with Crippen molar-refractivity contribution in [3.05, 3.63) is 46.4 Å². The third kappa shape index (κ3) is 4.53. The van der Waals surface area contributed by atoms with Crippen molar-refractivity contribution < 1.29 is 9.47 Å². The number of ether oxygens (including phenoxy) is 2. The molecule has 1 atom stereocenters. The highest BCUT2D eigenvalue weighted by molar-refractivity contribution is 7.07. The van der Waals surface area contributed by atoms with Gasteiger partial charge in [0.1, 0.15) is 0 Å². The van der Waals surface area contributed by atoms with E-state index in [0.717, 1.165) is 65.3 Å². The normalized spacial score (nSPS) is 22.2. The zero-order chi connectivity index (χ0) is 16.9. The molecule has 0 aliphatic carbocycles. The molecule has 0 N–H and O–H groups in total. The molecule has 0 spiro atoms. The molecule has 0 saturated carbocycles. The average Bonchev–Trinajstić information content (AvgIpc) is 3.31. The van der Waals surface area contributed by atoms with Crippen LogP contribution in [0.2, 0.25) is 0 Å². The molecular formula is C20H28N2O2S. The molecule has 0 amide bonds. The summed E-state index contributed by atoms with van der Waals surface area (Å²) in [6.45, 7) is 6.76. The minimum Gasteiger partial charge on any atom is -0.381 e. The van der Waals surface area contributed by atoms with Crippen molar-refractivity contribution >= 4 is 11.3 Å². The van der Waals surface area contributed by atoms with Gasteiger partial charge in [-0.25, -0.2) is 0 Å². The van der Waals surface area contributed by atoms with E-state index in [4.69, 9.17) is 9.47 Å². The van der Waals surface area contributed by atoms with Gasteiger partial charge in [0.05, 0.1) is 0 Å². The Morgan fingerprint density at radius 3 is 3.00 bits per heavy atom. The molecule has 2 aliphatic rings. The van der Waals surface area contributed by atoms with Crippen LogP contribution < -0.4 is 0 Å². The fourth-order valence-corrected chi connectivity index (χ4v) is 4.63. The molecular weight excluding hydrogens is 332 g/mol. The standard InChI is InChI=1S/C20H28N2O2S/c1-2-19-13-21(12-18-6-11-25-16-18)14-20(22(19)7-1)5-10-24-15-17-3-8-23-9-4-17/h1-2,6-7,11,16-17,20H,3-5,8-10,12-15H2. The first-order chi connectivity index (χ1) is 12.4. The summed E-state index contributed by atoms with van der Waals surface area (Å²) in [5.74, 6) is 0.692. The number of rotatable bonds is 7. The van der Waals surface area contributed by atoms with E-state index in [-0.39, 0.29) is 0 Å². The maximum Gasteiger partial charge on any atom is 0.0495 e. The van der Waals surface area contributed by atoms with Crippen molar-refractivity contribution in [2.24, 2.45) is 5.92 Å². The van der Waals surface area contributed by atoms with Crippen LogP contribution in [0.4, 0.5) is 0 Å². The van der Waals surface area contributed by atoms with Crippen LogP contribution >= 0.6 is 11.3 Å². The number of thiophene rings is 1. The summed E-state index contributed by atoms with van der Waals surface area (Å²) in [5, 5.41) is 4.43. The zero-order valence-corrected chi connectivity index (χ0v) is 15.6. The fraction of sp³-hybridized carbons (Fsp3) is 0.600.